The highest BCUT2D eigenvalue weighted by atomic mass is 16.4. The molecule has 0 aliphatic heterocycles. The molecule has 0 radical (unpaired) electrons. The number of aryl methyl sites for hydroxylation is 1. The largest absolute Gasteiger partial charge is 0.478 e. The highest BCUT2D eigenvalue weighted by Gasteiger charge is 2.23. The maximum absolute atomic E-state index is 11.3. The maximum Gasteiger partial charge on any atom is 0.335 e. The molecule has 0 amide bonds. The van der Waals surface area contributed by atoms with Crippen molar-refractivity contribution in [1.29, 1.82) is 0 Å². The van der Waals surface area contributed by atoms with E-state index in [1.54, 1.807) is 12.1 Å². The number of nitrogens with zero attached hydrogens (tertiary/aromatic N) is 1. The van der Waals surface area contributed by atoms with Gasteiger partial charge in [-0.2, -0.15) is 0 Å². The smallest absolute Gasteiger partial charge is 0.335 e. The van der Waals surface area contributed by atoms with Crippen LogP contribution >= 0.6 is 0 Å². The van der Waals surface area contributed by atoms with Gasteiger partial charge in [0.2, 0.25) is 0 Å². The Kier molecular flexibility index (Phi) is 3.87. The van der Waals surface area contributed by atoms with Crippen LogP contribution in [0.5, 0.6) is 0 Å². The Bertz CT molecular complexity index is 1170. The van der Waals surface area contributed by atoms with Crippen molar-refractivity contribution in [3.05, 3.63) is 102 Å². The molecule has 0 saturated carbocycles. The Morgan fingerprint density at radius 2 is 1.50 bits per heavy atom. The van der Waals surface area contributed by atoms with Crippen molar-refractivity contribution < 1.29 is 9.90 Å². The van der Waals surface area contributed by atoms with Gasteiger partial charge in [0.1, 0.15) is 0 Å². The lowest BCUT2D eigenvalue weighted by atomic mass is 9.90. The number of hydrogen-bond acceptors (Lipinski definition) is 1. The van der Waals surface area contributed by atoms with Gasteiger partial charge in [0.05, 0.1) is 11.3 Å². The van der Waals surface area contributed by atoms with Gasteiger partial charge in [0.15, 0.2) is 0 Å². The van der Waals surface area contributed by atoms with Crippen molar-refractivity contribution in [2.24, 2.45) is 0 Å². The summed E-state index contributed by atoms with van der Waals surface area (Å²) in [6, 6.07) is 28.4. The average molecular weight is 365 g/mol. The molecule has 1 aliphatic rings. The molecular formula is C25H19NO2. The summed E-state index contributed by atoms with van der Waals surface area (Å²) < 4.78 is 2.28. The molecule has 3 heteroatoms. The SMILES string of the molecule is O=C(O)c1ccc(-n2c(-c3ccccc3)cc3c2CCc2ccccc2-3)cc1. The first kappa shape index (κ1) is 16.6. The number of carbonyl (C=O) groups is 1. The van der Waals surface area contributed by atoms with Gasteiger partial charge in [-0.3, -0.25) is 0 Å². The number of rotatable bonds is 3. The second-order valence-corrected chi connectivity index (χ2v) is 7.10. The monoisotopic (exact) mass is 365 g/mol. The lowest BCUT2D eigenvalue weighted by Crippen LogP contribution is -2.09. The normalized spacial score (nSPS) is 12.3. The van der Waals surface area contributed by atoms with Crippen molar-refractivity contribution in [2.45, 2.75) is 12.8 Å². The molecule has 1 N–H and O–H groups in total. The van der Waals surface area contributed by atoms with E-state index in [4.69, 9.17) is 0 Å². The van der Waals surface area contributed by atoms with Crippen LogP contribution < -0.4 is 0 Å². The van der Waals surface area contributed by atoms with Crippen LogP contribution in [0.1, 0.15) is 21.6 Å². The molecule has 0 saturated heterocycles. The first-order valence-corrected chi connectivity index (χ1v) is 9.44. The third-order valence-corrected chi connectivity index (χ3v) is 5.48. The van der Waals surface area contributed by atoms with E-state index < -0.39 is 5.97 Å². The van der Waals surface area contributed by atoms with E-state index in [1.165, 1.54) is 22.4 Å². The van der Waals surface area contributed by atoms with Crippen LogP contribution in [-0.2, 0) is 12.8 Å². The quantitative estimate of drug-likeness (QED) is 0.513. The molecule has 1 heterocycles. The van der Waals surface area contributed by atoms with Crippen molar-refractivity contribution in [3.8, 4) is 28.1 Å². The topological polar surface area (TPSA) is 42.2 Å². The van der Waals surface area contributed by atoms with Gasteiger partial charge in [-0.05, 0) is 59.9 Å². The summed E-state index contributed by atoms with van der Waals surface area (Å²) in [4.78, 5) is 11.3. The molecule has 4 aromatic rings. The minimum absolute atomic E-state index is 0.302. The fourth-order valence-electron chi connectivity index (χ4n) is 4.15. The van der Waals surface area contributed by atoms with Crippen LogP contribution in [0, 0.1) is 0 Å². The molecule has 0 atom stereocenters. The second-order valence-electron chi connectivity index (χ2n) is 7.10. The zero-order valence-corrected chi connectivity index (χ0v) is 15.3. The Morgan fingerprint density at radius 1 is 0.786 bits per heavy atom. The number of aromatic nitrogens is 1. The third-order valence-electron chi connectivity index (χ3n) is 5.48. The van der Waals surface area contributed by atoms with Crippen LogP contribution in [0.4, 0.5) is 0 Å². The predicted octanol–water partition coefficient (Wildman–Crippen LogP) is 5.61. The first-order valence-electron chi connectivity index (χ1n) is 9.44. The zero-order chi connectivity index (χ0) is 19.1. The van der Waals surface area contributed by atoms with E-state index in [0.29, 0.717) is 5.56 Å². The Hall–Kier alpha value is -3.59. The lowest BCUT2D eigenvalue weighted by molar-refractivity contribution is 0.0697. The van der Waals surface area contributed by atoms with Crippen LogP contribution in [0.3, 0.4) is 0 Å². The lowest BCUT2D eigenvalue weighted by Gasteiger charge is -2.20. The summed E-state index contributed by atoms with van der Waals surface area (Å²) in [7, 11) is 0. The third kappa shape index (κ3) is 2.64. The molecule has 3 nitrogen and oxygen atoms in total. The van der Waals surface area contributed by atoms with Crippen LogP contribution in [0.15, 0.2) is 84.9 Å². The van der Waals surface area contributed by atoms with Gasteiger partial charge < -0.3 is 9.67 Å². The summed E-state index contributed by atoms with van der Waals surface area (Å²) in [6.45, 7) is 0. The van der Waals surface area contributed by atoms with Crippen LogP contribution in [0.2, 0.25) is 0 Å². The second kappa shape index (κ2) is 6.54. The molecule has 5 rings (SSSR count). The van der Waals surface area contributed by atoms with Gasteiger partial charge in [-0.15, -0.1) is 0 Å². The van der Waals surface area contributed by atoms with Crippen molar-refractivity contribution in [2.75, 3.05) is 0 Å². The highest BCUT2D eigenvalue weighted by molar-refractivity contribution is 5.88. The number of benzene rings is 3. The maximum atomic E-state index is 11.3. The van der Waals surface area contributed by atoms with Gasteiger partial charge in [0, 0.05) is 16.9 Å². The molecule has 0 spiro atoms. The van der Waals surface area contributed by atoms with Gasteiger partial charge in [0.25, 0.3) is 0 Å². The number of hydrogen-bond donors (Lipinski definition) is 1. The van der Waals surface area contributed by atoms with E-state index in [-0.39, 0.29) is 0 Å². The van der Waals surface area contributed by atoms with Crippen molar-refractivity contribution >= 4 is 5.97 Å². The number of aromatic carboxylic acids is 1. The fourth-order valence-corrected chi connectivity index (χ4v) is 4.15. The molecule has 0 fully saturated rings. The molecule has 28 heavy (non-hydrogen) atoms. The Morgan fingerprint density at radius 3 is 2.25 bits per heavy atom. The number of fused-ring (bicyclic) bond motifs is 3. The average Bonchev–Trinajstić information content (AvgIpc) is 3.14. The molecule has 1 aromatic heterocycles. The van der Waals surface area contributed by atoms with Crippen LogP contribution in [-0.4, -0.2) is 15.6 Å². The Balaban J connectivity index is 1.76. The Labute approximate surface area is 163 Å². The first-order chi connectivity index (χ1) is 13.7. The summed E-state index contributed by atoms with van der Waals surface area (Å²) >= 11 is 0. The predicted molar refractivity (Wildman–Crippen MR) is 111 cm³/mol. The van der Waals surface area contributed by atoms with Gasteiger partial charge >= 0.3 is 5.97 Å². The zero-order valence-electron chi connectivity index (χ0n) is 15.3. The fraction of sp³-hybridized carbons (Fsp3) is 0.0800. The minimum atomic E-state index is -0.904. The molecule has 3 aromatic carbocycles. The van der Waals surface area contributed by atoms with Crippen LogP contribution in [0.25, 0.3) is 28.1 Å². The summed E-state index contributed by atoms with van der Waals surface area (Å²) in [5.41, 5.74) is 8.79. The van der Waals surface area contributed by atoms with E-state index in [1.807, 2.05) is 30.3 Å². The summed E-state index contributed by atoms with van der Waals surface area (Å²) in [6.07, 6.45) is 1.97. The number of carboxylic acid groups (broad SMARTS) is 1. The van der Waals surface area contributed by atoms with Gasteiger partial charge in [-0.1, -0.05) is 54.6 Å². The molecule has 1 aliphatic carbocycles. The van der Waals surface area contributed by atoms with E-state index in [2.05, 4.69) is 47.0 Å². The summed E-state index contributed by atoms with van der Waals surface area (Å²) in [5, 5.41) is 9.23. The molecule has 136 valence electrons. The van der Waals surface area contributed by atoms with Crippen molar-refractivity contribution in [3.63, 3.8) is 0 Å². The number of carboxylic acids is 1. The van der Waals surface area contributed by atoms with E-state index in [0.717, 1.165) is 29.8 Å². The molecular weight excluding hydrogens is 346 g/mol. The van der Waals surface area contributed by atoms with Gasteiger partial charge in [-0.25, -0.2) is 4.79 Å². The van der Waals surface area contributed by atoms with E-state index >= 15 is 0 Å². The van der Waals surface area contributed by atoms with E-state index in [9.17, 15) is 9.90 Å². The molecule has 0 unspecified atom stereocenters. The standard InChI is InChI=1S/C25H19NO2/c27-25(28)19-10-13-20(14-11-19)26-23-15-12-17-6-4-5-9-21(17)22(23)16-24(26)18-7-2-1-3-8-18/h1-11,13-14,16H,12,15H2,(H,27,28). The van der Waals surface area contributed by atoms with Crippen molar-refractivity contribution in [1.82, 2.24) is 4.57 Å². The minimum Gasteiger partial charge on any atom is -0.478 e. The summed E-state index contributed by atoms with van der Waals surface area (Å²) in [5.74, 6) is -0.904. The molecule has 0 bridgehead atoms. The highest BCUT2D eigenvalue weighted by Crippen LogP contribution is 2.40.